The monoisotopic (exact) mass is 164 g/mol. The highest BCUT2D eigenvalue weighted by molar-refractivity contribution is 5.56. The fraction of sp³-hybridized carbons (Fsp3) is 0.400. The molecule has 2 N–H and O–H groups in total. The normalized spacial score (nSPS) is 9.92. The second kappa shape index (κ2) is 4.12. The van der Waals surface area contributed by atoms with Crippen molar-refractivity contribution in [2.75, 3.05) is 19.0 Å². The zero-order chi connectivity index (χ0) is 8.97. The highest BCUT2D eigenvalue weighted by atomic mass is 15.0. The summed E-state index contributed by atoms with van der Waals surface area (Å²) in [6, 6.07) is 6.31. The molecule has 0 radical (unpaired) electrons. The van der Waals surface area contributed by atoms with Crippen LogP contribution in [-0.4, -0.2) is 13.7 Å². The average Bonchev–Trinajstić information content (AvgIpc) is 2.04. The Labute approximate surface area is 74.0 Å². The summed E-state index contributed by atoms with van der Waals surface area (Å²) in [5.41, 5.74) is 3.84. The Hall–Kier alpha value is -1.02. The Morgan fingerprint density at radius 3 is 2.25 bits per heavy atom. The molecule has 1 rings (SSSR count). The van der Waals surface area contributed by atoms with Gasteiger partial charge in [-0.25, -0.2) is 0 Å². The first-order valence-corrected chi connectivity index (χ1v) is 4.20. The minimum atomic E-state index is 0.811. The number of para-hydroxylation sites is 1. The zero-order valence-corrected chi connectivity index (χ0v) is 7.94. The summed E-state index contributed by atoms with van der Waals surface area (Å²) in [6.07, 6.45) is 0. The molecule has 2 nitrogen and oxygen atoms in total. The predicted octanol–water partition coefficient (Wildman–Crippen LogP) is 1.89. The molecule has 0 saturated carbocycles. The van der Waals surface area contributed by atoms with Crippen molar-refractivity contribution in [1.82, 2.24) is 5.32 Å². The summed E-state index contributed by atoms with van der Waals surface area (Å²) in [5.74, 6) is 0. The number of nitrogens with one attached hydrogen (secondary N) is 2. The minimum Gasteiger partial charge on any atom is -0.372 e. The average molecular weight is 164 g/mol. The molecular weight excluding hydrogens is 148 g/mol. The van der Waals surface area contributed by atoms with Crippen LogP contribution in [-0.2, 0) is 0 Å². The second-order valence-corrected chi connectivity index (χ2v) is 2.97. The molecule has 0 spiro atoms. The van der Waals surface area contributed by atoms with Gasteiger partial charge in [-0.2, -0.15) is 0 Å². The molecule has 66 valence electrons. The number of benzene rings is 1. The molecule has 1 aromatic carbocycles. The Balaban J connectivity index is 2.81. The van der Waals surface area contributed by atoms with Crippen molar-refractivity contribution in [3.8, 4) is 0 Å². The van der Waals surface area contributed by atoms with Crippen LogP contribution >= 0.6 is 0 Å². The van der Waals surface area contributed by atoms with E-state index in [9.17, 15) is 0 Å². The van der Waals surface area contributed by atoms with E-state index >= 15 is 0 Å². The van der Waals surface area contributed by atoms with Crippen molar-refractivity contribution in [3.63, 3.8) is 0 Å². The van der Waals surface area contributed by atoms with Crippen molar-refractivity contribution in [3.05, 3.63) is 29.3 Å². The number of aryl methyl sites for hydroxylation is 2. The molecule has 12 heavy (non-hydrogen) atoms. The smallest absolute Gasteiger partial charge is 0.0650 e. The van der Waals surface area contributed by atoms with Crippen molar-refractivity contribution >= 4 is 5.69 Å². The molecule has 0 saturated heterocycles. The molecule has 0 aliphatic heterocycles. The van der Waals surface area contributed by atoms with E-state index in [1.54, 1.807) is 0 Å². The highest BCUT2D eigenvalue weighted by Crippen LogP contribution is 2.18. The largest absolute Gasteiger partial charge is 0.372 e. The maximum absolute atomic E-state index is 3.32. The summed E-state index contributed by atoms with van der Waals surface area (Å²) in [4.78, 5) is 0. The van der Waals surface area contributed by atoms with Crippen LogP contribution in [0.5, 0.6) is 0 Å². The van der Waals surface area contributed by atoms with E-state index in [4.69, 9.17) is 0 Å². The first-order valence-electron chi connectivity index (χ1n) is 4.20. The van der Waals surface area contributed by atoms with Gasteiger partial charge in [0.1, 0.15) is 0 Å². The third-order valence-electron chi connectivity index (χ3n) is 1.92. The van der Waals surface area contributed by atoms with Gasteiger partial charge in [0.2, 0.25) is 0 Å². The maximum atomic E-state index is 3.32. The van der Waals surface area contributed by atoms with Crippen molar-refractivity contribution in [2.24, 2.45) is 0 Å². The van der Waals surface area contributed by atoms with Crippen molar-refractivity contribution in [2.45, 2.75) is 13.8 Å². The summed E-state index contributed by atoms with van der Waals surface area (Å²) in [6.45, 7) is 5.04. The van der Waals surface area contributed by atoms with Crippen LogP contribution in [0.15, 0.2) is 18.2 Å². The summed E-state index contributed by atoms with van der Waals surface area (Å²) < 4.78 is 0. The topological polar surface area (TPSA) is 24.1 Å². The van der Waals surface area contributed by atoms with E-state index in [1.807, 2.05) is 7.05 Å². The zero-order valence-electron chi connectivity index (χ0n) is 7.94. The lowest BCUT2D eigenvalue weighted by molar-refractivity contribution is 0.872. The molecule has 0 aromatic heterocycles. The Kier molecular flexibility index (Phi) is 3.11. The van der Waals surface area contributed by atoms with Crippen molar-refractivity contribution < 1.29 is 0 Å². The molecule has 0 aliphatic rings. The van der Waals surface area contributed by atoms with Gasteiger partial charge in [0, 0.05) is 5.69 Å². The van der Waals surface area contributed by atoms with Gasteiger partial charge < -0.3 is 10.6 Å². The van der Waals surface area contributed by atoms with Crippen LogP contribution in [0.1, 0.15) is 11.1 Å². The lowest BCUT2D eigenvalue weighted by Gasteiger charge is -2.11. The summed E-state index contributed by atoms with van der Waals surface area (Å²) >= 11 is 0. The molecule has 0 unspecified atom stereocenters. The molecule has 1 aromatic rings. The van der Waals surface area contributed by atoms with Gasteiger partial charge in [-0.1, -0.05) is 18.2 Å². The summed E-state index contributed by atoms with van der Waals surface area (Å²) in [5, 5.41) is 6.38. The quantitative estimate of drug-likeness (QED) is 0.667. The van der Waals surface area contributed by atoms with Crippen LogP contribution in [0.2, 0.25) is 0 Å². The first kappa shape index (κ1) is 9.07. The molecule has 0 heterocycles. The lowest BCUT2D eigenvalue weighted by Crippen LogP contribution is -2.17. The molecule has 0 fully saturated rings. The lowest BCUT2D eigenvalue weighted by atomic mass is 10.1. The molecule has 0 amide bonds. The molecule has 0 bridgehead atoms. The van der Waals surface area contributed by atoms with Gasteiger partial charge in [-0.05, 0) is 32.0 Å². The van der Waals surface area contributed by atoms with Crippen molar-refractivity contribution in [1.29, 1.82) is 0 Å². The fourth-order valence-electron chi connectivity index (χ4n) is 1.27. The van der Waals surface area contributed by atoms with Crippen LogP contribution in [0.4, 0.5) is 5.69 Å². The first-order chi connectivity index (χ1) is 5.75. The Bertz CT molecular complexity index is 236. The van der Waals surface area contributed by atoms with E-state index in [-0.39, 0.29) is 0 Å². The van der Waals surface area contributed by atoms with Gasteiger partial charge >= 0.3 is 0 Å². The molecular formula is C10H16N2. The van der Waals surface area contributed by atoms with E-state index in [1.165, 1.54) is 16.8 Å². The Morgan fingerprint density at radius 2 is 1.75 bits per heavy atom. The third-order valence-corrected chi connectivity index (χ3v) is 1.92. The second-order valence-electron chi connectivity index (χ2n) is 2.97. The number of hydrogen-bond donors (Lipinski definition) is 2. The van der Waals surface area contributed by atoms with E-state index in [2.05, 4.69) is 42.7 Å². The van der Waals surface area contributed by atoms with Crippen LogP contribution < -0.4 is 10.6 Å². The molecule has 2 heteroatoms. The molecule has 0 atom stereocenters. The maximum Gasteiger partial charge on any atom is 0.0650 e. The number of anilines is 1. The van der Waals surface area contributed by atoms with Gasteiger partial charge in [0.05, 0.1) is 6.67 Å². The SMILES string of the molecule is CNCNc1c(C)cccc1C. The van der Waals surface area contributed by atoms with E-state index < -0.39 is 0 Å². The van der Waals surface area contributed by atoms with Crippen LogP contribution in [0.3, 0.4) is 0 Å². The van der Waals surface area contributed by atoms with Crippen LogP contribution in [0, 0.1) is 13.8 Å². The standard InChI is InChI=1S/C10H16N2/c1-8-5-4-6-9(2)10(8)12-7-11-3/h4-6,11-12H,7H2,1-3H3. The highest BCUT2D eigenvalue weighted by Gasteiger charge is 1.98. The Morgan fingerprint density at radius 1 is 1.17 bits per heavy atom. The third kappa shape index (κ3) is 1.98. The van der Waals surface area contributed by atoms with E-state index in [0.717, 1.165) is 6.67 Å². The van der Waals surface area contributed by atoms with Crippen LogP contribution in [0.25, 0.3) is 0 Å². The van der Waals surface area contributed by atoms with Gasteiger partial charge in [-0.15, -0.1) is 0 Å². The minimum absolute atomic E-state index is 0.811. The molecule has 0 aliphatic carbocycles. The summed E-state index contributed by atoms with van der Waals surface area (Å²) in [7, 11) is 1.93. The number of hydrogen-bond acceptors (Lipinski definition) is 2. The fourth-order valence-corrected chi connectivity index (χ4v) is 1.27. The van der Waals surface area contributed by atoms with Gasteiger partial charge in [-0.3, -0.25) is 0 Å². The van der Waals surface area contributed by atoms with Gasteiger partial charge in [0.25, 0.3) is 0 Å². The van der Waals surface area contributed by atoms with E-state index in [0.29, 0.717) is 0 Å². The van der Waals surface area contributed by atoms with Gasteiger partial charge in [0.15, 0.2) is 0 Å². The predicted molar refractivity (Wildman–Crippen MR) is 53.5 cm³/mol. The number of rotatable bonds is 3.